The average molecular weight is 371 g/mol. The first-order valence-corrected chi connectivity index (χ1v) is 1.64. The summed E-state index contributed by atoms with van der Waals surface area (Å²) < 4.78 is 0. The largest absolute Gasteiger partial charge is 1.00 e. The molecule has 0 spiro atoms. The number of nitrogens with zero attached hydrogens (tertiary/aromatic N) is 5. The maximum atomic E-state index is 8.00. The van der Waals surface area contributed by atoms with Gasteiger partial charge in [-0.05, 0) is 0 Å². The van der Waals surface area contributed by atoms with E-state index < -0.39 is 0 Å². The Kier molecular flexibility index (Phi) is 888. The Bertz CT molecular complexity index is 88.9. The van der Waals surface area contributed by atoms with Gasteiger partial charge in [-0.1, -0.05) is 0 Å². The Labute approximate surface area is 147 Å². The third-order valence-corrected chi connectivity index (χ3v) is 0. The number of hydrogen-bond acceptors (Lipinski definition) is 14. The van der Waals surface area contributed by atoms with Crippen LogP contribution in [0.2, 0.25) is 0 Å². The van der Waals surface area contributed by atoms with Gasteiger partial charge in [-0.25, -0.2) is 0 Å². The Morgan fingerprint density at radius 2 is 0.647 bits per heavy atom. The molecule has 99 valence electrons. The average Bonchev–Trinajstić information content (AvgIpc) is 2.12. The number of rotatable bonds is 0. The topological polar surface area (TPSA) is 279 Å². The molecule has 1 N–H and O–H groups in total. The van der Waals surface area contributed by atoms with Crippen molar-refractivity contribution in [2.75, 3.05) is 0 Å². The number of nitroso groups, excluding NO2 is 1. The van der Waals surface area contributed by atoms with Gasteiger partial charge in [-0.15, -0.1) is 21.4 Å². The first-order chi connectivity index (χ1) is 6.66. The molecule has 0 fully saturated rings. The predicted molar refractivity (Wildman–Crippen MR) is 45.3 cm³/mol. The van der Waals surface area contributed by atoms with Crippen LogP contribution in [0, 0.1) is 45.4 Å². The monoisotopic (exact) mass is 372 g/mol. The predicted octanol–water partition coefficient (Wildman–Crippen LogP) is -1.85. The molecule has 0 aliphatic carbocycles. The molecular formula is HKN5O10Ru-4. The zero-order valence-corrected chi connectivity index (χ0v) is 12.6. The molecule has 0 saturated heterocycles. The molecule has 0 amide bonds. The first kappa shape index (κ1) is 55.1. The van der Waals surface area contributed by atoms with Crippen LogP contribution in [0.5, 0.6) is 0 Å². The molecule has 17 heteroatoms. The Morgan fingerprint density at radius 3 is 0.647 bits per heavy atom. The molecule has 15 nitrogen and oxygen atoms in total. The molecule has 0 aromatic carbocycles. The summed E-state index contributed by atoms with van der Waals surface area (Å²) in [5.41, 5.74) is 5.75. The van der Waals surface area contributed by atoms with Gasteiger partial charge in [0, 0.05) is 0 Å². The SMILES string of the molecule is O=N[O-].O=N[O-].O=N[O-].O=N[O-].[K+].[N-]=O.[OH-].[Ru+]. The smallest absolute Gasteiger partial charge is 0.870 e. The van der Waals surface area contributed by atoms with E-state index in [1.807, 2.05) is 0 Å². The van der Waals surface area contributed by atoms with Crippen LogP contribution in [0.1, 0.15) is 0 Å². The summed E-state index contributed by atoms with van der Waals surface area (Å²) >= 11 is 0. The van der Waals surface area contributed by atoms with E-state index in [1.54, 1.807) is 0 Å². The molecule has 0 aromatic heterocycles. The van der Waals surface area contributed by atoms with Crippen molar-refractivity contribution < 1.29 is 76.3 Å². The van der Waals surface area contributed by atoms with Crippen LogP contribution in [0.4, 0.5) is 0 Å². The van der Waals surface area contributed by atoms with E-state index in [9.17, 15) is 0 Å². The summed E-state index contributed by atoms with van der Waals surface area (Å²) in [7, 11) is 0. The van der Waals surface area contributed by atoms with E-state index in [2.05, 4.69) is 0 Å². The minimum Gasteiger partial charge on any atom is -0.870 e. The van der Waals surface area contributed by atoms with Crippen molar-refractivity contribution in [3.05, 3.63) is 51.0 Å². The van der Waals surface area contributed by atoms with Gasteiger partial charge < -0.3 is 56.4 Å². The summed E-state index contributed by atoms with van der Waals surface area (Å²) in [4.78, 5) is 39.2. The molecular weight excluding hydrogens is 370 g/mol. The van der Waals surface area contributed by atoms with Crippen molar-refractivity contribution in [1.29, 1.82) is 0 Å². The second kappa shape index (κ2) is 274. The minimum atomic E-state index is 0. The Morgan fingerprint density at radius 1 is 0.647 bits per heavy atom. The standard InChI is InChI=1S/K.4HNO2.NO.H2O.Ru/c;4*2-1-3;1-2;;/h;4*(H,2,3);;1H2;/q+1;;;;;-1;;+1/p-5. The van der Waals surface area contributed by atoms with Crippen molar-refractivity contribution in [3.63, 3.8) is 0 Å². The van der Waals surface area contributed by atoms with Crippen LogP contribution in [-0.4, -0.2) is 5.48 Å². The van der Waals surface area contributed by atoms with E-state index in [0.29, 0.717) is 0 Å². The van der Waals surface area contributed by atoms with Crippen LogP contribution in [0.15, 0.2) is 21.4 Å². The van der Waals surface area contributed by atoms with Gasteiger partial charge in [-0.3, -0.25) is 0 Å². The Balaban J connectivity index is -0.00000000957. The quantitative estimate of drug-likeness (QED) is 0.260. The van der Waals surface area contributed by atoms with E-state index in [0.717, 1.165) is 21.4 Å². The molecule has 0 aliphatic rings. The zero-order valence-electron chi connectivity index (χ0n) is 7.71. The Hall–Kier alpha value is -0.580. The zero-order chi connectivity index (χ0) is 12.8. The molecule has 0 saturated carbocycles. The first-order valence-electron chi connectivity index (χ1n) is 1.64. The number of hydrogen-bond donors (Lipinski definition) is 0. The van der Waals surface area contributed by atoms with Gasteiger partial charge in [0.2, 0.25) is 0 Å². The van der Waals surface area contributed by atoms with Crippen molar-refractivity contribution in [1.82, 2.24) is 0 Å². The fraction of sp³-hybridized carbons (Fsp3) is 0. The summed E-state index contributed by atoms with van der Waals surface area (Å²) in [6.07, 6.45) is 0. The molecule has 0 heterocycles. The molecule has 0 aliphatic heterocycles. The molecule has 0 bridgehead atoms. The van der Waals surface area contributed by atoms with E-state index in [-0.39, 0.29) is 76.3 Å². The van der Waals surface area contributed by atoms with Crippen LogP contribution in [-0.2, 0) is 19.5 Å². The summed E-state index contributed by atoms with van der Waals surface area (Å²) in [5, 5.41) is 36.0. The van der Waals surface area contributed by atoms with Crippen molar-refractivity contribution >= 4 is 0 Å². The van der Waals surface area contributed by atoms with Crippen molar-refractivity contribution in [2.24, 2.45) is 21.4 Å². The van der Waals surface area contributed by atoms with Gasteiger partial charge in [0.15, 0.2) is 0 Å². The molecule has 0 atom stereocenters. The van der Waals surface area contributed by atoms with Crippen molar-refractivity contribution in [2.45, 2.75) is 0 Å². The van der Waals surface area contributed by atoms with Gasteiger partial charge in [0.1, 0.15) is 0 Å². The van der Waals surface area contributed by atoms with Crippen LogP contribution >= 0.6 is 0 Å². The summed E-state index contributed by atoms with van der Waals surface area (Å²) in [6, 6.07) is 0. The maximum Gasteiger partial charge on any atom is 1.00 e. The molecule has 1 radical (unpaired) electrons. The van der Waals surface area contributed by atoms with Crippen LogP contribution in [0.3, 0.4) is 0 Å². The molecule has 0 rings (SSSR count). The van der Waals surface area contributed by atoms with Crippen LogP contribution < -0.4 is 51.4 Å². The van der Waals surface area contributed by atoms with Gasteiger partial charge in [-0.2, -0.15) is 0 Å². The van der Waals surface area contributed by atoms with Gasteiger partial charge >= 0.3 is 70.9 Å². The second-order valence-electron chi connectivity index (χ2n) is 0.298. The third-order valence-electron chi connectivity index (χ3n) is 0. The van der Waals surface area contributed by atoms with E-state index in [4.69, 9.17) is 51.0 Å². The molecule has 17 heavy (non-hydrogen) atoms. The minimum absolute atomic E-state index is 0. The van der Waals surface area contributed by atoms with Crippen molar-refractivity contribution in [3.8, 4) is 0 Å². The van der Waals surface area contributed by atoms with Gasteiger partial charge in [0.25, 0.3) is 0 Å². The van der Waals surface area contributed by atoms with E-state index in [1.165, 1.54) is 0 Å². The summed E-state index contributed by atoms with van der Waals surface area (Å²) in [6.45, 7) is 0. The fourth-order valence-corrected chi connectivity index (χ4v) is 0. The van der Waals surface area contributed by atoms with E-state index >= 15 is 0 Å². The summed E-state index contributed by atoms with van der Waals surface area (Å²) in [5.74, 6) is 0. The molecule has 0 unspecified atom stereocenters. The maximum absolute atomic E-state index is 8.00. The molecule has 0 aromatic rings. The second-order valence-corrected chi connectivity index (χ2v) is 0.298. The van der Waals surface area contributed by atoms with Gasteiger partial charge in [0.05, 0.1) is 0 Å². The third kappa shape index (κ3) is 8250. The van der Waals surface area contributed by atoms with Crippen LogP contribution in [0.25, 0.3) is 5.59 Å². The normalized spacial score (nSPS) is 3.06. The fourth-order valence-electron chi connectivity index (χ4n) is 0.